The van der Waals surface area contributed by atoms with Crippen LogP contribution in [0.4, 0.5) is 4.39 Å². The number of carbonyl (C=O) groups excluding carboxylic acids is 1. The number of alkyl halides is 1. The van der Waals surface area contributed by atoms with Crippen LogP contribution in [0.5, 0.6) is 0 Å². The largest absolute Gasteiger partial charge is 0.350 e. The Bertz CT molecular complexity index is 429. The zero-order chi connectivity index (χ0) is 13.2. The van der Waals surface area contributed by atoms with E-state index in [1.54, 1.807) is 0 Å². The molecule has 1 aromatic carbocycles. The quantitative estimate of drug-likeness (QED) is 0.821. The van der Waals surface area contributed by atoms with E-state index in [4.69, 9.17) is 23.2 Å². The Balaban J connectivity index is 2.85. The predicted octanol–water partition coefficient (Wildman–Crippen LogP) is 3.67. The number of amides is 1. The summed E-state index contributed by atoms with van der Waals surface area (Å²) in [6, 6.07) is 4.00. The minimum atomic E-state index is -0.882. The molecule has 0 aliphatic heterocycles. The third-order valence-corrected chi connectivity index (χ3v) is 2.70. The second kappa shape index (κ2) is 5.23. The molecule has 0 bridgehead atoms. The van der Waals surface area contributed by atoms with Crippen LogP contribution in [0.3, 0.4) is 0 Å². The lowest BCUT2D eigenvalue weighted by Gasteiger charge is -2.22. The molecule has 1 amide bonds. The van der Waals surface area contributed by atoms with Crippen LogP contribution < -0.4 is 5.32 Å². The molecule has 1 atom stereocenters. The minimum absolute atomic E-state index is 0.0447. The molecule has 0 saturated heterocycles. The first-order chi connectivity index (χ1) is 7.70. The molecule has 0 saturated carbocycles. The SMILES string of the molecule is CC(C)(C)NC(=O)C(Cl)c1ccc(F)c(Cl)c1. The van der Waals surface area contributed by atoms with E-state index in [1.807, 2.05) is 20.8 Å². The van der Waals surface area contributed by atoms with Crippen molar-refractivity contribution in [1.82, 2.24) is 5.32 Å². The van der Waals surface area contributed by atoms with E-state index in [0.29, 0.717) is 5.56 Å². The van der Waals surface area contributed by atoms with Crippen LogP contribution >= 0.6 is 23.2 Å². The second-order valence-corrected chi connectivity index (χ2v) is 5.62. The number of rotatable bonds is 2. The monoisotopic (exact) mass is 277 g/mol. The molecule has 0 radical (unpaired) electrons. The van der Waals surface area contributed by atoms with Crippen LogP contribution in [0, 0.1) is 5.82 Å². The maximum absolute atomic E-state index is 13.0. The summed E-state index contributed by atoms with van der Waals surface area (Å²) in [5.41, 5.74) is 0.105. The summed E-state index contributed by atoms with van der Waals surface area (Å²) >= 11 is 11.6. The van der Waals surface area contributed by atoms with E-state index in [2.05, 4.69) is 5.32 Å². The van der Waals surface area contributed by atoms with Crippen LogP contribution in [-0.2, 0) is 4.79 Å². The fourth-order valence-electron chi connectivity index (χ4n) is 1.25. The Morgan fingerprint density at radius 2 is 2.00 bits per heavy atom. The molecule has 0 heterocycles. The lowest BCUT2D eigenvalue weighted by molar-refractivity contribution is -0.122. The molecule has 0 fully saturated rings. The molecule has 5 heteroatoms. The van der Waals surface area contributed by atoms with Crippen LogP contribution in [0.2, 0.25) is 5.02 Å². The van der Waals surface area contributed by atoms with Crippen molar-refractivity contribution in [3.8, 4) is 0 Å². The van der Waals surface area contributed by atoms with Gasteiger partial charge in [0.05, 0.1) is 5.02 Å². The summed E-state index contributed by atoms with van der Waals surface area (Å²) in [6.07, 6.45) is 0. The molecule has 94 valence electrons. The van der Waals surface area contributed by atoms with Gasteiger partial charge in [0, 0.05) is 5.54 Å². The molecule has 1 aromatic rings. The van der Waals surface area contributed by atoms with Crippen molar-refractivity contribution in [3.63, 3.8) is 0 Å². The molecule has 1 unspecified atom stereocenters. The highest BCUT2D eigenvalue weighted by molar-refractivity contribution is 6.32. The van der Waals surface area contributed by atoms with Crippen LogP contribution in [0.1, 0.15) is 31.7 Å². The number of halogens is 3. The first-order valence-electron chi connectivity index (χ1n) is 5.12. The van der Waals surface area contributed by atoms with E-state index in [0.717, 1.165) is 0 Å². The van der Waals surface area contributed by atoms with Crippen molar-refractivity contribution >= 4 is 29.1 Å². The van der Waals surface area contributed by atoms with Crippen molar-refractivity contribution in [3.05, 3.63) is 34.6 Å². The summed E-state index contributed by atoms with van der Waals surface area (Å²) in [7, 11) is 0. The number of hydrogen-bond donors (Lipinski definition) is 1. The van der Waals surface area contributed by atoms with Gasteiger partial charge in [-0.1, -0.05) is 17.7 Å². The predicted molar refractivity (Wildman–Crippen MR) is 67.9 cm³/mol. The Hall–Kier alpha value is -0.800. The van der Waals surface area contributed by atoms with Gasteiger partial charge in [-0.15, -0.1) is 11.6 Å². The zero-order valence-corrected chi connectivity index (χ0v) is 11.4. The smallest absolute Gasteiger partial charge is 0.243 e. The first-order valence-corrected chi connectivity index (χ1v) is 5.93. The second-order valence-electron chi connectivity index (χ2n) is 4.78. The molecule has 0 aliphatic rings. The van der Waals surface area contributed by atoms with E-state index in [9.17, 15) is 9.18 Å². The number of hydrogen-bond acceptors (Lipinski definition) is 1. The lowest BCUT2D eigenvalue weighted by atomic mass is 10.1. The van der Waals surface area contributed by atoms with Gasteiger partial charge in [0.15, 0.2) is 0 Å². The van der Waals surface area contributed by atoms with Crippen LogP contribution in [0.15, 0.2) is 18.2 Å². The summed E-state index contributed by atoms with van der Waals surface area (Å²) in [4.78, 5) is 11.8. The van der Waals surface area contributed by atoms with E-state index in [-0.39, 0.29) is 16.5 Å². The molecular formula is C12H14Cl2FNO. The molecule has 2 nitrogen and oxygen atoms in total. The fourth-order valence-corrected chi connectivity index (χ4v) is 1.63. The van der Waals surface area contributed by atoms with E-state index in [1.165, 1.54) is 18.2 Å². The maximum Gasteiger partial charge on any atom is 0.243 e. The standard InChI is InChI=1S/C12H14Cl2FNO/c1-12(2,3)16-11(17)10(14)7-4-5-9(15)8(13)6-7/h4-6,10H,1-3H3,(H,16,17). The maximum atomic E-state index is 13.0. The summed E-state index contributed by atoms with van der Waals surface area (Å²) in [5, 5.41) is 1.82. The third-order valence-electron chi connectivity index (χ3n) is 1.96. The van der Waals surface area contributed by atoms with Crippen molar-refractivity contribution in [2.75, 3.05) is 0 Å². The summed E-state index contributed by atoms with van der Waals surface area (Å²) in [6.45, 7) is 5.56. The van der Waals surface area contributed by atoms with Gasteiger partial charge in [0.2, 0.25) is 5.91 Å². The highest BCUT2D eigenvalue weighted by atomic mass is 35.5. The fraction of sp³-hybridized carbons (Fsp3) is 0.417. The molecule has 0 aromatic heterocycles. The molecule has 1 N–H and O–H groups in total. The Morgan fingerprint density at radius 3 is 2.47 bits per heavy atom. The Labute approximate surface area is 110 Å². The number of nitrogens with one attached hydrogen (secondary N) is 1. The highest BCUT2D eigenvalue weighted by Crippen LogP contribution is 2.25. The van der Waals surface area contributed by atoms with Gasteiger partial charge < -0.3 is 5.32 Å². The van der Waals surface area contributed by atoms with Crippen molar-refractivity contribution < 1.29 is 9.18 Å². The highest BCUT2D eigenvalue weighted by Gasteiger charge is 2.22. The van der Waals surface area contributed by atoms with Gasteiger partial charge in [0.25, 0.3) is 0 Å². The van der Waals surface area contributed by atoms with Gasteiger partial charge in [-0.25, -0.2) is 4.39 Å². The van der Waals surface area contributed by atoms with Crippen molar-refractivity contribution in [2.24, 2.45) is 0 Å². The topological polar surface area (TPSA) is 29.1 Å². The van der Waals surface area contributed by atoms with Crippen LogP contribution in [0.25, 0.3) is 0 Å². The molecular weight excluding hydrogens is 264 g/mol. The van der Waals surface area contributed by atoms with Crippen molar-refractivity contribution in [2.45, 2.75) is 31.7 Å². The van der Waals surface area contributed by atoms with Crippen LogP contribution in [-0.4, -0.2) is 11.4 Å². The molecule has 17 heavy (non-hydrogen) atoms. The van der Waals surface area contributed by atoms with Crippen molar-refractivity contribution in [1.29, 1.82) is 0 Å². The summed E-state index contributed by atoms with van der Waals surface area (Å²) < 4.78 is 13.0. The Morgan fingerprint density at radius 1 is 1.41 bits per heavy atom. The van der Waals surface area contributed by atoms with Gasteiger partial charge in [-0.3, -0.25) is 4.79 Å². The van der Waals surface area contributed by atoms with Gasteiger partial charge in [-0.05, 0) is 38.5 Å². The zero-order valence-electron chi connectivity index (χ0n) is 9.85. The number of benzene rings is 1. The Kier molecular flexibility index (Phi) is 4.39. The molecule has 0 aliphatic carbocycles. The van der Waals surface area contributed by atoms with Gasteiger partial charge in [-0.2, -0.15) is 0 Å². The van der Waals surface area contributed by atoms with Gasteiger partial charge >= 0.3 is 0 Å². The van der Waals surface area contributed by atoms with E-state index >= 15 is 0 Å². The lowest BCUT2D eigenvalue weighted by Crippen LogP contribution is -2.42. The minimum Gasteiger partial charge on any atom is -0.350 e. The average molecular weight is 278 g/mol. The van der Waals surface area contributed by atoms with E-state index < -0.39 is 11.2 Å². The third kappa shape index (κ3) is 4.17. The van der Waals surface area contributed by atoms with Gasteiger partial charge in [0.1, 0.15) is 11.2 Å². The molecule has 1 rings (SSSR count). The first kappa shape index (κ1) is 14.3. The molecule has 0 spiro atoms. The average Bonchev–Trinajstić information content (AvgIpc) is 2.18. The summed E-state index contributed by atoms with van der Waals surface area (Å²) in [5.74, 6) is -0.864. The normalized spacial score (nSPS) is 13.3. The number of carbonyl (C=O) groups is 1.